The Labute approximate surface area is 123 Å². The topological polar surface area (TPSA) is 95.4 Å². The number of hydrogen-bond donors (Lipinski definition) is 2. The molecular formula is C14H20N4O3. The van der Waals surface area contributed by atoms with E-state index >= 15 is 0 Å². The molecule has 0 aliphatic carbocycles. The molecule has 1 unspecified atom stereocenters. The number of aromatic nitrogens is 2. The first-order chi connectivity index (χ1) is 9.97. The van der Waals surface area contributed by atoms with Crippen molar-refractivity contribution in [2.45, 2.75) is 32.7 Å². The monoisotopic (exact) mass is 292 g/mol. The summed E-state index contributed by atoms with van der Waals surface area (Å²) in [6.45, 7) is 5.23. The summed E-state index contributed by atoms with van der Waals surface area (Å²) in [7, 11) is 0. The minimum Gasteiger partial charge on any atom is -0.476 e. The summed E-state index contributed by atoms with van der Waals surface area (Å²) in [5, 5.41) is 19.5. The average molecular weight is 292 g/mol. The third kappa shape index (κ3) is 3.90. The molecule has 2 heterocycles. The van der Waals surface area contributed by atoms with Crippen LogP contribution >= 0.6 is 0 Å². The first-order valence-electron chi connectivity index (χ1n) is 7.09. The lowest BCUT2D eigenvalue weighted by molar-refractivity contribution is -0.135. The predicted octanol–water partition coefficient (Wildman–Crippen LogP) is 1.23. The number of rotatable bonds is 4. The molecule has 114 valence electrons. The number of anilines is 1. The molecule has 1 aliphatic rings. The number of nitrogens with one attached hydrogen (secondary N) is 1. The van der Waals surface area contributed by atoms with E-state index in [-0.39, 0.29) is 23.6 Å². The Morgan fingerprint density at radius 3 is 2.71 bits per heavy atom. The maximum Gasteiger partial charge on any atom is 0.356 e. The van der Waals surface area contributed by atoms with Gasteiger partial charge in [-0.2, -0.15) is 0 Å². The molecule has 7 heteroatoms. The standard InChI is InChI=1S/C14H20N4O3/c1-9(2)13(19)18-7-3-4-10(8-18)15-12-6-5-11(14(20)21)16-17-12/h5-6,9-10H,3-4,7-8H2,1-2H3,(H,15,17)(H,20,21). The number of amides is 1. The molecule has 1 atom stereocenters. The van der Waals surface area contributed by atoms with E-state index in [0.717, 1.165) is 19.4 Å². The van der Waals surface area contributed by atoms with Crippen LogP contribution in [0.15, 0.2) is 12.1 Å². The Morgan fingerprint density at radius 1 is 1.38 bits per heavy atom. The summed E-state index contributed by atoms with van der Waals surface area (Å²) >= 11 is 0. The van der Waals surface area contributed by atoms with Gasteiger partial charge in [0, 0.05) is 25.0 Å². The number of carbonyl (C=O) groups is 2. The van der Waals surface area contributed by atoms with Gasteiger partial charge in [0.1, 0.15) is 5.82 Å². The van der Waals surface area contributed by atoms with Crippen LogP contribution in [-0.2, 0) is 4.79 Å². The zero-order chi connectivity index (χ0) is 15.4. The Morgan fingerprint density at radius 2 is 2.14 bits per heavy atom. The van der Waals surface area contributed by atoms with Gasteiger partial charge >= 0.3 is 5.97 Å². The van der Waals surface area contributed by atoms with E-state index < -0.39 is 5.97 Å². The molecule has 2 rings (SSSR count). The van der Waals surface area contributed by atoms with Crippen molar-refractivity contribution >= 4 is 17.7 Å². The summed E-state index contributed by atoms with van der Waals surface area (Å²) in [4.78, 5) is 24.6. The molecule has 0 spiro atoms. The van der Waals surface area contributed by atoms with Crippen molar-refractivity contribution in [3.8, 4) is 0 Å². The van der Waals surface area contributed by atoms with Gasteiger partial charge in [0.2, 0.25) is 5.91 Å². The number of aromatic carboxylic acids is 1. The maximum absolute atomic E-state index is 12.0. The lowest BCUT2D eigenvalue weighted by Gasteiger charge is -2.34. The fourth-order valence-corrected chi connectivity index (χ4v) is 2.39. The molecular weight excluding hydrogens is 272 g/mol. The second-order valence-electron chi connectivity index (χ2n) is 5.53. The molecule has 0 saturated carbocycles. The molecule has 7 nitrogen and oxygen atoms in total. The van der Waals surface area contributed by atoms with Crippen molar-refractivity contribution in [1.29, 1.82) is 0 Å². The second kappa shape index (κ2) is 6.51. The lowest BCUT2D eigenvalue weighted by atomic mass is 10.0. The molecule has 1 amide bonds. The van der Waals surface area contributed by atoms with Gasteiger partial charge in [-0.25, -0.2) is 4.79 Å². The Bertz CT molecular complexity index is 515. The highest BCUT2D eigenvalue weighted by atomic mass is 16.4. The number of carboxylic acids is 1. The van der Waals surface area contributed by atoms with E-state index in [0.29, 0.717) is 12.4 Å². The van der Waals surface area contributed by atoms with Crippen LogP contribution in [0, 0.1) is 5.92 Å². The highest BCUT2D eigenvalue weighted by Gasteiger charge is 2.25. The van der Waals surface area contributed by atoms with Crippen LogP contribution in [0.5, 0.6) is 0 Å². The zero-order valence-electron chi connectivity index (χ0n) is 12.2. The minimum absolute atomic E-state index is 0.00149. The van der Waals surface area contributed by atoms with Gasteiger partial charge in [0.25, 0.3) is 0 Å². The average Bonchev–Trinajstić information content (AvgIpc) is 2.47. The van der Waals surface area contributed by atoms with Crippen molar-refractivity contribution in [2.24, 2.45) is 5.92 Å². The van der Waals surface area contributed by atoms with Gasteiger partial charge in [-0.1, -0.05) is 13.8 Å². The number of likely N-dealkylation sites (tertiary alicyclic amines) is 1. The number of carboxylic acid groups (broad SMARTS) is 1. The Kier molecular flexibility index (Phi) is 4.72. The highest BCUT2D eigenvalue weighted by Crippen LogP contribution is 2.16. The van der Waals surface area contributed by atoms with Gasteiger partial charge < -0.3 is 15.3 Å². The van der Waals surface area contributed by atoms with Crippen LogP contribution in [0.3, 0.4) is 0 Å². The predicted molar refractivity (Wildman–Crippen MR) is 77.1 cm³/mol. The molecule has 0 radical (unpaired) electrons. The van der Waals surface area contributed by atoms with Crippen molar-refractivity contribution in [3.05, 3.63) is 17.8 Å². The van der Waals surface area contributed by atoms with Crippen LogP contribution in [0.1, 0.15) is 37.2 Å². The first-order valence-corrected chi connectivity index (χ1v) is 7.09. The summed E-state index contributed by atoms with van der Waals surface area (Å²) in [5.74, 6) is -0.406. The van der Waals surface area contributed by atoms with E-state index in [1.54, 1.807) is 6.07 Å². The molecule has 21 heavy (non-hydrogen) atoms. The minimum atomic E-state index is -1.10. The molecule has 0 bridgehead atoms. The normalized spacial score (nSPS) is 18.6. The SMILES string of the molecule is CC(C)C(=O)N1CCCC(Nc2ccc(C(=O)O)nn2)C1. The van der Waals surface area contributed by atoms with Crippen molar-refractivity contribution in [2.75, 3.05) is 18.4 Å². The van der Waals surface area contributed by atoms with Gasteiger partial charge in [-0.3, -0.25) is 4.79 Å². The molecule has 1 fully saturated rings. The fraction of sp³-hybridized carbons (Fsp3) is 0.571. The van der Waals surface area contributed by atoms with E-state index in [4.69, 9.17) is 5.11 Å². The third-order valence-corrected chi connectivity index (χ3v) is 3.46. The number of nitrogens with zero attached hydrogens (tertiary/aromatic N) is 3. The molecule has 1 saturated heterocycles. The highest BCUT2D eigenvalue weighted by molar-refractivity contribution is 5.85. The van der Waals surface area contributed by atoms with Crippen LogP contribution < -0.4 is 5.32 Å². The third-order valence-electron chi connectivity index (χ3n) is 3.46. The smallest absolute Gasteiger partial charge is 0.356 e. The van der Waals surface area contributed by atoms with E-state index in [9.17, 15) is 9.59 Å². The van der Waals surface area contributed by atoms with Crippen LogP contribution in [-0.4, -0.2) is 51.2 Å². The van der Waals surface area contributed by atoms with Crippen LogP contribution in [0.2, 0.25) is 0 Å². The number of hydrogen-bond acceptors (Lipinski definition) is 5. The largest absolute Gasteiger partial charge is 0.476 e. The maximum atomic E-state index is 12.0. The zero-order valence-corrected chi connectivity index (χ0v) is 12.2. The molecule has 1 aromatic heterocycles. The fourth-order valence-electron chi connectivity index (χ4n) is 2.39. The molecule has 0 aromatic carbocycles. The Hall–Kier alpha value is -2.18. The molecule has 1 aromatic rings. The Balaban J connectivity index is 1.96. The molecule has 2 N–H and O–H groups in total. The van der Waals surface area contributed by atoms with E-state index in [1.165, 1.54) is 6.07 Å². The van der Waals surface area contributed by atoms with Gasteiger partial charge in [0.05, 0.1) is 0 Å². The summed E-state index contributed by atoms with van der Waals surface area (Å²) in [5.41, 5.74) is -0.0826. The van der Waals surface area contributed by atoms with Crippen molar-refractivity contribution < 1.29 is 14.7 Å². The van der Waals surface area contributed by atoms with Crippen molar-refractivity contribution in [3.63, 3.8) is 0 Å². The number of carbonyl (C=O) groups excluding carboxylic acids is 1. The summed E-state index contributed by atoms with van der Waals surface area (Å²) < 4.78 is 0. The van der Waals surface area contributed by atoms with E-state index in [1.807, 2.05) is 18.7 Å². The lowest BCUT2D eigenvalue weighted by Crippen LogP contribution is -2.46. The van der Waals surface area contributed by atoms with Crippen LogP contribution in [0.4, 0.5) is 5.82 Å². The van der Waals surface area contributed by atoms with Gasteiger partial charge in [0.15, 0.2) is 5.69 Å². The first kappa shape index (κ1) is 15.2. The van der Waals surface area contributed by atoms with E-state index in [2.05, 4.69) is 15.5 Å². The van der Waals surface area contributed by atoms with Crippen molar-refractivity contribution in [1.82, 2.24) is 15.1 Å². The van der Waals surface area contributed by atoms with Gasteiger partial charge in [-0.15, -0.1) is 10.2 Å². The summed E-state index contributed by atoms with van der Waals surface area (Å²) in [6, 6.07) is 3.13. The number of piperidine rings is 1. The second-order valence-corrected chi connectivity index (χ2v) is 5.53. The van der Waals surface area contributed by atoms with Crippen LogP contribution in [0.25, 0.3) is 0 Å². The quantitative estimate of drug-likeness (QED) is 0.866. The molecule has 1 aliphatic heterocycles. The van der Waals surface area contributed by atoms with Gasteiger partial charge in [-0.05, 0) is 25.0 Å². The summed E-state index contributed by atoms with van der Waals surface area (Å²) in [6.07, 6.45) is 1.89.